The maximum absolute atomic E-state index is 11.2. The van der Waals surface area contributed by atoms with E-state index in [1.165, 1.54) is 10.9 Å². The zero-order valence-corrected chi connectivity index (χ0v) is 12.2. The Morgan fingerprint density at radius 1 is 1.55 bits per heavy atom. The zero-order chi connectivity index (χ0) is 14.7. The molecular formula is C14H17N3O2S. The van der Waals surface area contributed by atoms with E-state index in [0.29, 0.717) is 11.4 Å². The summed E-state index contributed by atoms with van der Waals surface area (Å²) in [7, 11) is 0. The third-order valence-corrected chi connectivity index (χ3v) is 4.26. The molecule has 0 amide bonds. The first-order valence-electron chi connectivity index (χ1n) is 6.35. The fraction of sp³-hybridized carbons (Fsp3) is 0.286. The average Bonchev–Trinajstić information content (AvgIpc) is 2.89. The van der Waals surface area contributed by atoms with Gasteiger partial charge in [0.2, 0.25) is 0 Å². The molecule has 1 heterocycles. The summed E-state index contributed by atoms with van der Waals surface area (Å²) in [4.78, 5) is 16.8. The number of aryl methyl sites for hydroxylation is 1. The molecule has 0 aliphatic heterocycles. The lowest BCUT2D eigenvalue weighted by Gasteiger charge is -2.15. The molecule has 0 saturated carbocycles. The topological polar surface area (TPSA) is 88.2 Å². The van der Waals surface area contributed by atoms with Crippen molar-refractivity contribution in [3.8, 4) is 0 Å². The number of nitrogens with two attached hydrogens (primary N) is 1. The molecule has 0 bridgehead atoms. The van der Waals surface area contributed by atoms with Crippen LogP contribution in [0.3, 0.4) is 0 Å². The van der Waals surface area contributed by atoms with Gasteiger partial charge < -0.3 is 16.2 Å². The number of carbonyl (C=O) groups is 1. The first-order chi connectivity index (χ1) is 9.51. The van der Waals surface area contributed by atoms with Gasteiger partial charge in [-0.25, -0.2) is 9.78 Å². The molecule has 2 aromatic rings. The largest absolute Gasteiger partial charge is 0.478 e. The first kappa shape index (κ1) is 14.3. The number of carboxylic acids is 1. The van der Waals surface area contributed by atoms with Crippen molar-refractivity contribution in [2.45, 2.75) is 26.3 Å². The van der Waals surface area contributed by atoms with Gasteiger partial charge >= 0.3 is 5.97 Å². The molecule has 0 aliphatic rings. The molecule has 1 atom stereocenters. The van der Waals surface area contributed by atoms with Gasteiger partial charge in [-0.1, -0.05) is 6.92 Å². The third-order valence-electron chi connectivity index (χ3n) is 2.94. The Morgan fingerprint density at radius 2 is 2.30 bits per heavy atom. The fourth-order valence-electron chi connectivity index (χ4n) is 1.85. The summed E-state index contributed by atoms with van der Waals surface area (Å²) >= 11 is 1.63. The molecule has 0 saturated heterocycles. The highest BCUT2D eigenvalue weighted by Gasteiger charge is 2.15. The van der Waals surface area contributed by atoms with Gasteiger partial charge in [-0.2, -0.15) is 0 Å². The molecule has 5 nitrogen and oxygen atoms in total. The number of thiazole rings is 1. The Morgan fingerprint density at radius 3 is 2.90 bits per heavy atom. The molecule has 0 aliphatic carbocycles. The van der Waals surface area contributed by atoms with E-state index in [-0.39, 0.29) is 11.6 Å². The third kappa shape index (κ3) is 3.08. The highest BCUT2D eigenvalue weighted by Crippen LogP contribution is 2.27. The second-order valence-electron chi connectivity index (χ2n) is 4.49. The lowest BCUT2D eigenvalue weighted by molar-refractivity contribution is 0.0698. The van der Waals surface area contributed by atoms with Gasteiger partial charge in [0.15, 0.2) is 0 Å². The van der Waals surface area contributed by atoms with E-state index < -0.39 is 5.97 Å². The maximum atomic E-state index is 11.2. The zero-order valence-electron chi connectivity index (χ0n) is 11.4. The standard InChI is InChI=1S/C14H17N3O2S/c1-3-10-7-16-13(20-10)8(2)17-12-5-4-9(15)6-11(12)14(18)19/h4-8,17H,3,15H2,1-2H3,(H,18,19). The molecule has 20 heavy (non-hydrogen) atoms. The van der Waals surface area contributed by atoms with E-state index in [2.05, 4.69) is 17.2 Å². The Bertz CT molecular complexity index is 625. The van der Waals surface area contributed by atoms with E-state index >= 15 is 0 Å². The molecule has 1 aromatic carbocycles. The molecule has 0 radical (unpaired) electrons. The summed E-state index contributed by atoms with van der Waals surface area (Å²) in [5.74, 6) is -1.000. The van der Waals surface area contributed by atoms with E-state index in [4.69, 9.17) is 5.73 Å². The van der Waals surface area contributed by atoms with E-state index in [0.717, 1.165) is 11.4 Å². The number of carboxylic acid groups (broad SMARTS) is 1. The number of hydrogen-bond donors (Lipinski definition) is 3. The van der Waals surface area contributed by atoms with E-state index in [1.807, 2.05) is 13.1 Å². The molecule has 1 unspecified atom stereocenters. The number of aromatic nitrogens is 1. The smallest absolute Gasteiger partial charge is 0.337 e. The van der Waals surface area contributed by atoms with Gasteiger partial charge in [0.1, 0.15) is 5.01 Å². The normalized spacial score (nSPS) is 12.1. The lowest BCUT2D eigenvalue weighted by atomic mass is 10.1. The SMILES string of the molecule is CCc1cnc(C(C)Nc2ccc(N)cc2C(=O)O)s1. The van der Waals surface area contributed by atoms with Gasteiger partial charge in [0, 0.05) is 22.4 Å². The lowest BCUT2D eigenvalue weighted by Crippen LogP contribution is -2.11. The van der Waals surface area contributed by atoms with Crippen LogP contribution in [-0.4, -0.2) is 16.1 Å². The number of benzene rings is 1. The van der Waals surface area contributed by atoms with Crippen molar-refractivity contribution >= 4 is 28.7 Å². The van der Waals surface area contributed by atoms with Crippen molar-refractivity contribution in [1.82, 2.24) is 4.98 Å². The number of rotatable bonds is 5. The van der Waals surface area contributed by atoms with Crippen LogP contribution >= 0.6 is 11.3 Å². The van der Waals surface area contributed by atoms with E-state index in [1.54, 1.807) is 23.5 Å². The second-order valence-corrected chi connectivity index (χ2v) is 5.64. The molecule has 2 rings (SSSR count). The fourth-order valence-corrected chi connectivity index (χ4v) is 2.71. The van der Waals surface area contributed by atoms with Crippen LogP contribution in [0.15, 0.2) is 24.4 Å². The van der Waals surface area contributed by atoms with Gasteiger partial charge in [-0.05, 0) is 31.5 Å². The van der Waals surface area contributed by atoms with Gasteiger partial charge in [0.25, 0.3) is 0 Å². The predicted molar refractivity (Wildman–Crippen MR) is 81.3 cm³/mol. The molecular weight excluding hydrogens is 274 g/mol. The summed E-state index contributed by atoms with van der Waals surface area (Å²) in [5.41, 5.74) is 6.78. The molecule has 1 aromatic heterocycles. The highest BCUT2D eigenvalue weighted by molar-refractivity contribution is 7.11. The summed E-state index contributed by atoms with van der Waals surface area (Å²) in [5, 5.41) is 13.3. The van der Waals surface area contributed by atoms with Crippen LogP contribution in [0.5, 0.6) is 0 Å². The molecule has 6 heteroatoms. The molecule has 4 N–H and O–H groups in total. The Hall–Kier alpha value is -2.08. The number of hydrogen-bond acceptors (Lipinski definition) is 5. The second kappa shape index (κ2) is 5.92. The highest BCUT2D eigenvalue weighted by atomic mass is 32.1. The minimum atomic E-state index is -1.000. The molecule has 0 fully saturated rings. The number of aromatic carboxylic acids is 1. The van der Waals surface area contributed by atoms with Crippen molar-refractivity contribution in [2.24, 2.45) is 0 Å². The molecule has 106 valence electrons. The van der Waals surface area contributed by atoms with Crippen molar-refractivity contribution in [3.05, 3.63) is 39.8 Å². The van der Waals surface area contributed by atoms with E-state index in [9.17, 15) is 9.90 Å². The van der Waals surface area contributed by atoms with Crippen LogP contribution in [0.4, 0.5) is 11.4 Å². The summed E-state index contributed by atoms with van der Waals surface area (Å²) in [6.45, 7) is 4.04. The number of nitrogens with zero attached hydrogens (tertiary/aromatic N) is 1. The molecule has 0 spiro atoms. The predicted octanol–water partition coefficient (Wildman–Crippen LogP) is 3.16. The van der Waals surface area contributed by atoms with Gasteiger partial charge in [0.05, 0.1) is 11.6 Å². The quantitative estimate of drug-likeness (QED) is 0.736. The van der Waals surface area contributed by atoms with Gasteiger partial charge in [-0.15, -0.1) is 11.3 Å². The summed E-state index contributed by atoms with van der Waals surface area (Å²) in [6, 6.07) is 4.77. The van der Waals surface area contributed by atoms with Gasteiger partial charge in [-0.3, -0.25) is 0 Å². The minimum absolute atomic E-state index is 0.0537. The van der Waals surface area contributed by atoms with Crippen LogP contribution in [0, 0.1) is 0 Å². The van der Waals surface area contributed by atoms with Crippen LogP contribution in [0.1, 0.15) is 40.1 Å². The summed E-state index contributed by atoms with van der Waals surface area (Å²) < 4.78 is 0. The number of nitrogen functional groups attached to an aromatic ring is 1. The Labute approximate surface area is 121 Å². The first-order valence-corrected chi connectivity index (χ1v) is 7.17. The van der Waals surface area contributed by atoms with Crippen molar-refractivity contribution < 1.29 is 9.90 Å². The van der Waals surface area contributed by atoms with Crippen molar-refractivity contribution in [2.75, 3.05) is 11.1 Å². The monoisotopic (exact) mass is 291 g/mol. The Kier molecular flexibility index (Phi) is 4.24. The van der Waals surface area contributed by atoms with Crippen LogP contribution < -0.4 is 11.1 Å². The summed E-state index contributed by atoms with van der Waals surface area (Å²) in [6.07, 6.45) is 2.81. The van der Waals surface area contributed by atoms with Crippen molar-refractivity contribution in [3.63, 3.8) is 0 Å². The average molecular weight is 291 g/mol. The van der Waals surface area contributed by atoms with Crippen LogP contribution in [0.2, 0.25) is 0 Å². The Balaban J connectivity index is 2.23. The van der Waals surface area contributed by atoms with Crippen LogP contribution in [-0.2, 0) is 6.42 Å². The number of anilines is 2. The van der Waals surface area contributed by atoms with Crippen LogP contribution in [0.25, 0.3) is 0 Å². The minimum Gasteiger partial charge on any atom is -0.478 e. The maximum Gasteiger partial charge on any atom is 0.337 e. The van der Waals surface area contributed by atoms with Crippen molar-refractivity contribution in [1.29, 1.82) is 0 Å². The number of nitrogens with one attached hydrogen (secondary N) is 1.